The van der Waals surface area contributed by atoms with Crippen molar-refractivity contribution in [3.8, 4) is 0 Å². The van der Waals surface area contributed by atoms with Crippen LogP contribution < -0.4 is 5.32 Å². The van der Waals surface area contributed by atoms with Crippen LogP contribution in [0.1, 0.15) is 39.5 Å². The summed E-state index contributed by atoms with van der Waals surface area (Å²) in [7, 11) is 0. The number of nitrogens with one attached hydrogen (secondary N) is 2. The summed E-state index contributed by atoms with van der Waals surface area (Å²) < 4.78 is 0. The first kappa shape index (κ1) is 19.6. The lowest BCUT2D eigenvalue weighted by Gasteiger charge is -2.00. The van der Waals surface area contributed by atoms with E-state index in [1.54, 1.807) is 6.07 Å². The number of anilines is 1. The van der Waals surface area contributed by atoms with Crippen LogP contribution in [0.15, 0.2) is 18.2 Å². The highest BCUT2D eigenvalue weighted by Gasteiger charge is 2.13. The quantitative estimate of drug-likeness (QED) is 0.465. The fourth-order valence-electron chi connectivity index (χ4n) is 1.83. The van der Waals surface area contributed by atoms with Crippen LogP contribution in [-0.2, 0) is 9.59 Å². The Morgan fingerprint density at radius 1 is 1.29 bits per heavy atom. The zero-order valence-electron chi connectivity index (χ0n) is 13.5. The molecule has 0 atom stereocenters. The Hall–Kier alpha value is -2.48. The number of benzene rings is 1. The number of aromatic nitrogens is 2. The maximum absolute atomic E-state index is 11.5. The molecule has 0 bridgehead atoms. The molecule has 8 nitrogen and oxygen atoms in total. The van der Waals surface area contributed by atoms with Crippen LogP contribution in [0.2, 0.25) is 0 Å². The Balaban J connectivity index is 0.000000413. The number of hydrogen-bond acceptors (Lipinski definition) is 5. The van der Waals surface area contributed by atoms with E-state index in [-0.39, 0.29) is 16.8 Å². The second kappa shape index (κ2) is 9.61. The Bertz CT molecular complexity index is 729. The van der Waals surface area contributed by atoms with Crippen molar-refractivity contribution in [3.05, 3.63) is 28.3 Å². The molecule has 0 aliphatic rings. The number of halogens is 1. The number of rotatable bonds is 6. The molecule has 0 spiro atoms. The van der Waals surface area contributed by atoms with Crippen molar-refractivity contribution in [2.24, 2.45) is 0 Å². The number of amides is 1. The molecule has 0 radical (unpaired) electrons. The van der Waals surface area contributed by atoms with Gasteiger partial charge < -0.3 is 5.32 Å². The predicted octanol–water partition coefficient (Wildman–Crippen LogP) is 3.76. The first-order chi connectivity index (χ1) is 11.4. The number of nitrogens with zero attached hydrogens (tertiary/aromatic N) is 2. The summed E-state index contributed by atoms with van der Waals surface area (Å²) in [5, 5.41) is 20.3. The smallest absolute Gasteiger partial charge is 0.270 e. The van der Waals surface area contributed by atoms with Gasteiger partial charge in [0, 0.05) is 25.0 Å². The summed E-state index contributed by atoms with van der Waals surface area (Å²) in [6, 6.07) is 4.34. The van der Waals surface area contributed by atoms with Gasteiger partial charge in [0.25, 0.3) is 5.69 Å². The van der Waals surface area contributed by atoms with E-state index in [1.807, 2.05) is 13.8 Å². The highest BCUT2D eigenvalue weighted by atomic mass is 35.5. The second-order valence-electron chi connectivity index (χ2n) is 4.96. The van der Waals surface area contributed by atoms with Gasteiger partial charge in [-0.15, -0.1) is 0 Å². The molecule has 1 aromatic carbocycles. The minimum Gasteiger partial charge on any atom is -0.309 e. The van der Waals surface area contributed by atoms with Crippen LogP contribution in [0.4, 0.5) is 11.5 Å². The van der Waals surface area contributed by atoms with Crippen molar-refractivity contribution in [1.29, 1.82) is 0 Å². The predicted molar refractivity (Wildman–Crippen MR) is 92.1 cm³/mol. The molecular weight excluding hydrogens is 336 g/mol. The second-order valence-corrected chi connectivity index (χ2v) is 5.38. The molecule has 2 N–H and O–H groups in total. The molecule has 0 fully saturated rings. The monoisotopic (exact) mass is 354 g/mol. The van der Waals surface area contributed by atoms with Gasteiger partial charge in [0.2, 0.25) is 11.1 Å². The van der Waals surface area contributed by atoms with Crippen molar-refractivity contribution >= 4 is 45.2 Å². The lowest BCUT2D eigenvalue weighted by Crippen LogP contribution is -2.11. The van der Waals surface area contributed by atoms with Crippen LogP contribution >= 0.6 is 11.6 Å². The molecule has 0 aliphatic carbocycles. The number of non-ortho nitro benzene ring substituents is 1. The number of fused-ring (bicyclic) bond motifs is 1. The van der Waals surface area contributed by atoms with Crippen LogP contribution in [0, 0.1) is 10.1 Å². The number of carbonyl (C=O) groups is 2. The third-order valence-electron chi connectivity index (χ3n) is 2.94. The van der Waals surface area contributed by atoms with E-state index >= 15 is 0 Å². The number of carbonyl (C=O) groups excluding carboxylic acids is 2. The van der Waals surface area contributed by atoms with Gasteiger partial charge in [0.15, 0.2) is 5.82 Å². The molecule has 2 aromatic rings. The van der Waals surface area contributed by atoms with E-state index in [0.29, 0.717) is 29.6 Å². The largest absolute Gasteiger partial charge is 0.309 e. The summed E-state index contributed by atoms with van der Waals surface area (Å²) in [5.41, 5.74) is 0.613. The molecule has 2 rings (SSSR count). The highest BCUT2D eigenvalue weighted by Crippen LogP contribution is 2.25. The van der Waals surface area contributed by atoms with Gasteiger partial charge in [-0.05, 0) is 30.5 Å². The summed E-state index contributed by atoms with van der Waals surface area (Å²) in [4.78, 5) is 31.5. The van der Waals surface area contributed by atoms with E-state index in [1.165, 1.54) is 12.1 Å². The minimum absolute atomic E-state index is 0.0325. The number of nitro groups is 1. The van der Waals surface area contributed by atoms with Gasteiger partial charge in [-0.3, -0.25) is 24.8 Å². The first-order valence-electron chi connectivity index (χ1n) is 7.49. The van der Waals surface area contributed by atoms with Gasteiger partial charge >= 0.3 is 0 Å². The van der Waals surface area contributed by atoms with Gasteiger partial charge in [-0.2, -0.15) is 5.10 Å². The van der Waals surface area contributed by atoms with E-state index in [9.17, 15) is 19.7 Å². The Morgan fingerprint density at radius 3 is 2.46 bits per heavy atom. The molecule has 9 heteroatoms. The Morgan fingerprint density at radius 2 is 1.96 bits per heavy atom. The molecule has 1 amide bonds. The molecule has 1 heterocycles. The number of aromatic amines is 1. The fraction of sp³-hybridized carbons (Fsp3) is 0.400. The normalized spacial score (nSPS) is 9.96. The topological polar surface area (TPSA) is 118 Å². The first-order valence-corrected chi connectivity index (χ1v) is 7.87. The molecular formula is C15H19ClN4O4. The summed E-state index contributed by atoms with van der Waals surface area (Å²) in [5.74, 6) is 0.171. The highest BCUT2D eigenvalue weighted by molar-refractivity contribution is 6.63. The molecule has 0 aliphatic heterocycles. The van der Waals surface area contributed by atoms with Gasteiger partial charge in [-0.1, -0.05) is 13.8 Å². The average Bonchev–Trinajstić information content (AvgIpc) is 2.90. The molecule has 24 heavy (non-hydrogen) atoms. The van der Waals surface area contributed by atoms with Gasteiger partial charge in [0.1, 0.15) is 0 Å². The zero-order chi connectivity index (χ0) is 18.1. The fourth-order valence-corrected chi connectivity index (χ4v) is 2.02. The van der Waals surface area contributed by atoms with Crippen molar-refractivity contribution < 1.29 is 14.5 Å². The average molecular weight is 355 g/mol. The zero-order valence-corrected chi connectivity index (χ0v) is 14.2. The molecule has 1 aromatic heterocycles. The summed E-state index contributed by atoms with van der Waals surface area (Å²) in [6.07, 6.45) is 2.47. The summed E-state index contributed by atoms with van der Waals surface area (Å²) >= 11 is 4.94. The lowest BCUT2D eigenvalue weighted by atomic mass is 10.2. The van der Waals surface area contributed by atoms with Crippen LogP contribution in [0.5, 0.6) is 0 Å². The SMILES string of the molecule is CCCC(=O)Cl.CCCC(=O)Nc1n[nH]c2ccc([N+](=O)[O-])cc12. The van der Waals surface area contributed by atoms with Crippen LogP contribution in [0.3, 0.4) is 0 Å². The third kappa shape index (κ3) is 5.96. The molecule has 0 unspecified atom stereocenters. The number of hydrogen-bond donors (Lipinski definition) is 2. The maximum Gasteiger partial charge on any atom is 0.270 e. The van der Waals surface area contributed by atoms with Crippen LogP contribution in [-0.4, -0.2) is 26.3 Å². The number of H-pyrrole nitrogens is 1. The minimum atomic E-state index is -0.482. The molecule has 0 saturated heterocycles. The number of nitro benzene ring substituents is 1. The lowest BCUT2D eigenvalue weighted by molar-refractivity contribution is -0.384. The third-order valence-corrected chi connectivity index (χ3v) is 3.13. The van der Waals surface area contributed by atoms with Crippen molar-refractivity contribution in [2.75, 3.05) is 5.32 Å². The van der Waals surface area contributed by atoms with Crippen molar-refractivity contribution in [3.63, 3.8) is 0 Å². The van der Waals surface area contributed by atoms with E-state index in [0.717, 1.165) is 12.8 Å². The molecule has 130 valence electrons. The van der Waals surface area contributed by atoms with E-state index in [4.69, 9.17) is 11.6 Å². The Kier molecular flexibility index (Phi) is 7.84. The Labute approximate surface area is 143 Å². The van der Waals surface area contributed by atoms with Gasteiger partial charge in [0.05, 0.1) is 15.8 Å². The summed E-state index contributed by atoms with van der Waals surface area (Å²) in [6.45, 7) is 3.81. The van der Waals surface area contributed by atoms with Crippen LogP contribution in [0.25, 0.3) is 10.9 Å². The van der Waals surface area contributed by atoms with Crippen molar-refractivity contribution in [1.82, 2.24) is 10.2 Å². The standard InChI is InChI=1S/C11H12N4O3.C4H7ClO/c1-2-3-10(16)12-11-8-6-7(15(17)18)4-5-9(8)13-14-11;1-2-3-4(5)6/h4-6H,2-3H2,1H3,(H2,12,13,14,16);2-3H2,1H3. The van der Waals surface area contributed by atoms with Gasteiger partial charge in [-0.25, -0.2) is 0 Å². The van der Waals surface area contributed by atoms with Crippen molar-refractivity contribution in [2.45, 2.75) is 39.5 Å². The molecule has 0 saturated carbocycles. The maximum atomic E-state index is 11.5. The van der Waals surface area contributed by atoms with E-state index < -0.39 is 4.92 Å². The van der Waals surface area contributed by atoms with E-state index in [2.05, 4.69) is 15.5 Å².